The molecule has 0 radical (unpaired) electrons. The lowest BCUT2D eigenvalue weighted by Gasteiger charge is -2.15. The van der Waals surface area contributed by atoms with Crippen molar-refractivity contribution in [1.29, 1.82) is 0 Å². The molecule has 0 atom stereocenters. The average Bonchev–Trinajstić information content (AvgIpc) is 2.60. The van der Waals surface area contributed by atoms with Crippen LogP contribution in [0.4, 0.5) is 5.69 Å². The number of ether oxygens (including phenoxy) is 2. The van der Waals surface area contributed by atoms with Gasteiger partial charge in [-0.2, -0.15) is 0 Å². The van der Waals surface area contributed by atoms with Crippen molar-refractivity contribution in [3.05, 3.63) is 53.1 Å². The number of methoxy groups -OCH3 is 1. The molecule has 0 unspecified atom stereocenters. The van der Waals surface area contributed by atoms with Gasteiger partial charge in [-0.25, -0.2) is 0 Å². The van der Waals surface area contributed by atoms with Gasteiger partial charge in [0, 0.05) is 25.3 Å². The van der Waals surface area contributed by atoms with Gasteiger partial charge in [0.05, 0.1) is 13.7 Å². The van der Waals surface area contributed by atoms with Gasteiger partial charge in [0.25, 0.3) is 0 Å². The van der Waals surface area contributed by atoms with Crippen LogP contribution in [0.15, 0.2) is 41.4 Å². The predicted molar refractivity (Wildman–Crippen MR) is 119 cm³/mol. The third-order valence-corrected chi connectivity index (χ3v) is 3.89. The van der Waals surface area contributed by atoms with Crippen LogP contribution < -0.4 is 20.1 Å². The number of aliphatic imine (C=N–C) groups is 1. The van der Waals surface area contributed by atoms with E-state index in [0.717, 1.165) is 5.69 Å². The second-order valence-corrected chi connectivity index (χ2v) is 5.78. The molecule has 2 N–H and O–H groups in total. The fraction of sp³-hybridized carbons (Fsp3) is 0.350. The number of halogens is 1. The number of anilines is 1. The van der Waals surface area contributed by atoms with Gasteiger partial charge >= 0.3 is 0 Å². The highest BCUT2D eigenvalue weighted by molar-refractivity contribution is 14.0. The minimum Gasteiger partial charge on any atom is -0.493 e. The van der Waals surface area contributed by atoms with Crippen molar-refractivity contribution < 1.29 is 9.47 Å². The number of aryl methyl sites for hydroxylation is 2. The Morgan fingerprint density at radius 2 is 1.85 bits per heavy atom. The summed E-state index contributed by atoms with van der Waals surface area (Å²) in [5.41, 5.74) is 4.67. The molecule has 0 fully saturated rings. The number of rotatable bonds is 6. The summed E-state index contributed by atoms with van der Waals surface area (Å²) in [6.45, 7) is 7.46. The summed E-state index contributed by atoms with van der Waals surface area (Å²) in [7, 11) is 3.39. The summed E-state index contributed by atoms with van der Waals surface area (Å²) in [5.74, 6) is 2.12. The number of nitrogens with one attached hydrogen (secondary N) is 2. The van der Waals surface area contributed by atoms with E-state index in [1.54, 1.807) is 14.2 Å². The normalized spacial score (nSPS) is 10.7. The fourth-order valence-corrected chi connectivity index (χ4v) is 2.56. The Morgan fingerprint density at radius 3 is 2.46 bits per heavy atom. The predicted octanol–water partition coefficient (Wildman–Crippen LogP) is 4.52. The minimum absolute atomic E-state index is 0. The Bertz CT molecular complexity index is 748. The summed E-state index contributed by atoms with van der Waals surface area (Å²) in [5, 5.41) is 6.62. The number of hydrogen-bond donors (Lipinski definition) is 2. The van der Waals surface area contributed by atoms with E-state index in [2.05, 4.69) is 47.7 Å². The van der Waals surface area contributed by atoms with E-state index in [1.165, 1.54) is 16.7 Å². The maximum Gasteiger partial charge on any atom is 0.195 e. The molecule has 0 aromatic heterocycles. The lowest BCUT2D eigenvalue weighted by atomic mass is 10.1. The SMILES string of the molecule is CCOc1cc(NC(=NC)NCc2ccc(C)cc2C)ccc1OC.I. The van der Waals surface area contributed by atoms with Crippen molar-refractivity contribution in [1.82, 2.24) is 5.32 Å². The van der Waals surface area contributed by atoms with E-state index < -0.39 is 0 Å². The molecule has 2 aromatic carbocycles. The third-order valence-electron chi connectivity index (χ3n) is 3.89. The smallest absolute Gasteiger partial charge is 0.195 e. The number of hydrogen-bond acceptors (Lipinski definition) is 3. The Morgan fingerprint density at radius 1 is 1.08 bits per heavy atom. The van der Waals surface area contributed by atoms with Gasteiger partial charge in [-0.15, -0.1) is 24.0 Å². The lowest BCUT2D eigenvalue weighted by molar-refractivity contribution is 0.311. The van der Waals surface area contributed by atoms with Crippen LogP contribution in [0.25, 0.3) is 0 Å². The van der Waals surface area contributed by atoms with Crippen LogP contribution in [0, 0.1) is 13.8 Å². The third kappa shape index (κ3) is 6.09. The van der Waals surface area contributed by atoms with Crippen molar-refractivity contribution >= 4 is 35.6 Å². The first-order valence-electron chi connectivity index (χ1n) is 8.42. The van der Waals surface area contributed by atoms with E-state index in [1.807, 2.05) is 25.1 Å². The number of nitrogens with zero attached hydrogens (tertiary/aromatic N) is 1. The van der Waals surface area contributed by atoms with E-state index >= 15 is 0 Å². The Hall–Kier alpha value is -1.96. The standard InChI is InChI=1S/C20H27N3O2.HI/c1-6-25-19-12-17(9-10-18(19)24-5)23-20(21-4)22-13-16-8-7-14(2)11-15(16)3;/h7-12H,6,13H2,1-5H3,(H2,21,22,23);1H. The van der Waals surface area contributed by atoms with E-state index in [0.29, 0.717) is 30.6 Å². The summed E-state index contributed by atoms with van der Waals surface area (Å²) in [6, 6.07) is 12.2. The Kier molecular flexibility index (Phi) is 9.26. The first-order valence-corrected chi connectivity index (χ1v) is 8.42. The molecular weight excluding hydrogens is 441 g/mol. The number of benzene rings is 2. The van der Waals surface area contributed by atoms with Gasteiger partial charge < -0.3 is 20.1 Å². The molecule has 0 saturated carbocycles. The Labute approximate surface area is 173 Å². The molecule has 0 saturated heterocycles. The van der Waals surface area contributed by atoms with Crippen molar-refractivity contribution in [3.63, 3.8) is 0 Å². The molecule has 0 aliphatic rings. The van der Waals surface area contributed by atoms with Gasteiger partial charge in [0.1, 0.15) is 0 Å². The maximum absolute atomic E-state index is 5.61. The van der Waals surface area contributed by atoms with Crippen molar-refractivity contribution in [2.24, 2.45) is 4.99 Å². The minimum atomic E-state index is 0. The summed E-state index contributed by atoms with van der Waals surface area (Å²) in [4.78, 5) is 4.29. The van der Waals surface area contributed by atoms with Crippen molar-refractivity contribution in [2.75, 3.05) is 26.1 Å². The molecular formula is C20H28IN3O2. The lowest BCUT2D eigenvalue weighted by Crippen LogP contribution is -2.30. The summed E-state index contributed by atoms with van der Waals surface area (Å²) in [6.07, 6.45) is 0. The van der Waals surface area contributed by atoms with E-state index in [4.69, 9.17) is 9.47 Å². The second kappa shape index (κ2) is 10.9. The van der Waals surface area contributed by atoms with Crippen LogP contribution in [-0.4, -0.2) is 26.7 Å². The van der Waals surface area contributed by atoms with Crippen molar-refractivity contribution in [3.8, 4) is 11.5 Å². The summed E-state index contributed by atoms with van der Waals surface area (Å²) >= 11 is 0. The van der Waals surface area contributed by atoms with E-state index in [9.17, 15) is 0 Å². The molecule has 0 spiro atoms. The van der Waals surface area contributed by atoms with E-state index in [-0.39, 0.29) is 24.0 Å². The molecule has 26 heavy (non-hydrogen) atoms. The van der Waals surface area contributed by atoms with Crippen molar-refractivity contribution in [2.45, 2.75) is 27.3 Å². The highest BCUT2D eigenvalue weighted by Crippen LogP contribution is 2.30. The molecule has 6 heteroatoms. The van der Waals surface area contributed by atoms with Gasteiger partial charge in [0.15, 0.2) is 17.5 Å². The van der Waals surface area contributed by atoms with Gasteiger partial charge in [0.2, 0.25) is 0 Å². The second-order valence-electron chi connectivity index (χ2n) is 5.78. The molecule has 5 nitrogen and oxygen atoms in total. The average molecular weight is 469 g/mol. The molecule has 0 heterocycles. The number of guanidine groups is 1. The zero-order valence-electron chi connectivity index (χ0n) is 16.1. The zero-order valence-corrected chi connectivity index (χ0v) is 18.4. The van der Waals surface area contributed by atoms with Crippen LogP contribution >= 0.6 is 24.0 Å². The van der Waals surface area contributed by atoms with Crippen LogP contribution in [0.1, 0.15) is 23.6 Å². The van der Waals surface area contributed by atoms with Crippen LogP contribution in [0.2, 0.25) is 0 Å². The molecule has 0 aliphatic carbocycles. The quantitative estimate of drug-likeness (QED) is 0.371. The topological polar surface area (TPSA) is 54.9 Å². The fourth-order valence-electron chi connectivity index (χ4n) is 2.56. The molecule has 2 rings (SSSR count). The Balaban J connectivity index is 0.00000338. The molecule has 142 valence electrons. The molecule has 2 aromatic rings. The van der Waals surface area contributed by atoms with Crippen LogP contribution in [0.3, 0.4) is 0 Å². The van der Waals surface area contributed by atoms with Gasteiger partial charge in [-0.3, -0.25) is 4.99 Å². The monoisotopic (exact) mass is 469 g/mol. The first-order chi connectivity index (χ1) is 12.1. The molecule has 0 aliphatic heterocycles. The van der Waals surface area contributed by atoms with Gasteiger partial charge in [-0.1, -0.05) is 23.8 Å². The zero-order chi connectivity index (χ0) is 18.2. The molecule has 0 bridgehead atoms. The molecule has 0 amide bonds. The van der Waals surface area contributed by atoms with Gasteiger partial charge in [-0.05, 0) is 44.0 Å². The van der Waals surface area contributed by atoms with Crippen LogP contribution in [-0.2, 0) is 6.54 Å². The highest BCUT2D eigenvalue weighted by Gasteiger charge is 2.07. The highest BCUT2D eigenvalue weighted by atomic mass is 127. The van der Waals surface area contributed by atoms with Crippen LogP contribution in [0.5, 0.6) is 11.5 Å². The summed E-state index contributed by atoms with van der Waals surface area (Å²) < 4.78 is 10.9. The largest absolute Gasteiger partial charge is 0.493 e. The maximum atomic E-state index is 5.61. The first kappa shape index (κ1) is 22.1.